The van der Waals surface area contributed by atoms with Gasteiger partial charge >= 0.3 is 0 Å². The van der Waals surface area contributed by atoms with E-state index in [0.29, 0.717) is 12.4 Å². The van der Waals surface area contributed by atoms with Crippen molar-refractivity contribution in [1.29, 1.82) is 0 Å². The molecule has 2 N–H and O–H groups in total. The van der Waals surface area contributed by atoms with E-state index in [1.807, 2.05) is 12.1 Å². The summed E-state index contributed by atoms with van der Waals surface area (Å²) in [7, 11) is 0. The molecule has 2 aromatic rings. The molecule has 0 saturated carbocycles. The van der Waals surface area contributed by atoms with E-state index in [-0.39, 0.29) is 5.78 Å². The standard InChI is InChI=1S/C9H10N4OS/c1-6(14)8-3-2-7(15-8)5-13-11-4-9(10)12-13/h2-4H,5H2,1H3,(H2,10,12). The molecular weight excluding hydrogens is 212 g/mol. The first-order chi connectivity index (χ1) is 7.15. The van der Waals surface area contributed by atoms with Gasteiger partial charge in [0.15, 0.2) is 11.6 Å². The van der Waals surface area contributed by atoms with Crippen LogP contribution in [0.4, 0.5) is 5.82 Å². The number of hydrogen-bond acceptors (Lipinski definition) is 5. The summed E-state index contributed by atoms with van der Waals surface area (Å²) in [4.78, 5) is 14.4. The van der Waals surface area contributed by atoms with Crippen LogP contribution in [0, 0.1) is 0 Å². The molecule has 2 heterocycles. The fourth-order valence-electron chi connectivity index (χ4n) is 1.18. The zero-order valence-corrected chi connectivity index (χ0v) is 8.99. The Morgan fingerprint density at radius 2 is 2.40 bits per heavy atom. The first-order valence-corrected chi connectivity index (χ1v) is 5.22. The molecule has 0 bridgehead atoms. The van der Waals surface area contributed by atoms with Gasteiger partial charge in [0.05, 0.1) is 17.6 Å². The van der Waals surface area contributed by atoms with E-state index in [4.69, 9.17) is 5.73 Å². The fraction of sp³-hybridized carbons (Fsp3) is 0.222. The maximum Gasteiger partial charge on any atom is 0.169 e. The molecule has 15 heavy (non-hydrogen) atoms. The third-order valence-electron chi connectivity index (χ3n) is 1.86. The van der Waals surface area contributed by atoms with Crippen molar-refractivity contribution in [2.45, 2.75) is 13.5 Å². The normalized spacial score (nSPS) is 10.5. The maximum atomic E-state index is 11.1. The Morgan fingerprint density at radius 3 is 2.93 bits per heavy atom. The Labute approximate surface area is 90.5 Å². The first-order valence-electron chi connectivity index (χ1n) is 4.40. The molecule has 0 aromatic carbocycles. The van der Waals surface area contributed by atoms with Crippen LogP contribution in [0.15, 0.2) is 18.3 Å². The Bertz CT molecular complexity index is 488. The summed E-state index contributed by atoms with van der Waals surface area (Å²) in [6.45, 7) is 2.11. The van der Waals surface area contributed by atoms with Crippen LogP contribution in [-0.4, -0.2) is 20.8 Å². The van der Waals surface area contributed by atoms with Crippen molar-refractivity contribution in [3.05, 3.63) is 28.1 Å². The lowest BCUT2D eigenvalue weighted by Crippen LogP contribution is -2.02. The van der Waals surface area contributed by atoms with Crippen LogP contribution in [-0.2, 0) is 6.54 Å². The number of anilines is 1. The number of aromatic nitrogens is 3. The van der Waals surface area contributed by atoms with Crippen LogP contribution in [0.2, 0.25) is 0 Å². The number of ketones is 1. The molecule has 78 valence electrons. The molecule has 0 atom stereocenters. The number of nitrogens with two attached hydrogens (primary N) is 1. The van der Waals surface area contributed by atoms with Gasteiger partial charge in [-0.2, -0.15) is 9.90 Å². The average Bonchev–Trinajstić information content (AvgIpc) is 2.76. The number of nitrogens with zero attached hydrogens (tertiary/aromatic N) is 3. The Morgan fingerprint density at radius 1 is 1.60 bits per heavy atom. The minimum atomic E-state index is 0.0826. The van der Waals surface area contributed by atoms with Crippen LogP contribution in [0.3, 0.4) is 0 Å². The smallest absolute Gasteiger partial charge is 0.169 e. The van der Waals surface area contributed by atoms with Gasteiger partial charge in [0.25, 0.3) is 0 Å². The number of hydrogen-bond donors (Lipinski definition) is 1. The summed E-state index contributed by atoms with van der Waals surface area (Å²) < 4.78 is 0. The van der Waals surface area contributed by atoms with Crippen molar-refractivity contribution < 1.29 is 4.79 Å². The highest BCUT2D eigenvalue weighted by molar-refractivity contribution is 7.14. The van der Waals surface area contributed by atoms with Gasteiger partial charge in [-0.15, -0.1) is 16.4 Å². The van der Waals surface area contributed by atoms with E-state index in [1.165, 1.54) is 22.3 Å². The second-order valence-corrected chi connectivity index (χ2v) is 4.29. The van der Waals surface area contributed by atoms with Gasteiger partial charge in [0.1, 0.15) is 0 Å². The summed E-state index contributed by atoms with van der Waals surface area (Å²) in [6.07, 6.45) is 1.50. The molecule has 0 amide bonds. The molecule has 0 saturated heterocycles. The van der Waals surface area contributed by atoms with E-state index in [0.717, 1.165) is 9.75 Å². The monoisotopic (exact) mass is 222 g/mol. The van der Waals surface area contributed by atoms with Crippen LogP contribution in [0.5, 0.6) is 0 Å². The maximum absolute atomic E-state index is 11.1. The van der Waals surface area contributed by atoms with Gasteiger partial charge in [-0.3, -0.25) is 4.79 Å². The average molecular weight is 222 g/mol. The highest BCUT2D eigenvalue weighted by Crippen LogP contribution is 2.17. The van der Waals surface area contributed by atoms with Crippen molar-refractivity contribution in [2.75, 3.05) is 5.73 Å². The number of carbonyl (C=O) groups is 1. The minimum Gasteiger partial charge on any atom is -0.381 e. The number of Topliss-reactive ketones (excluding diaryl/α,β-unsaturated/α-hetero) is 1. The lowest BCUT2D eigenvalue weighted by Gasteiger charge is -1.94. The molecule has 0 radical (unpaired) electrons. The molecular formula is C9H10N4OS. The number of carbonyl (C=O) groups excluding carboxylic acids is 1. The van der Waals surface area contributed by atoms with Crippen molar-refractivity contribution >= 4 is 22.9 Å². The topological polar surface area (TPSA) is 73.8 Å². The predicted molar refractivity (Wildman–Crippen MR) is 57.9 cm³/mol. The molecule has 0 unspecified atom stereocenters. The van der Waals surface area contributed by atoms with Crippen LogP contribution in [0.25, 0.3) is 0 Å². The van der Waals surface area contributed by atoms with Gasteiger partial charge in [-0.1, -0.05) is 0 Å². The van der Waals surface area contributed by atoms with E-state index in [1.54, 1.807) is 6.92 Å². The quantitative estimate of drug-likeness (QED) is 0.791. The molecule has 0 aliphatic rings. The largest absolute Gasteiger partial charge is 0.381 e. The van der Waals surface area contributed by atoms with Crippen LogP contribution in [0.1, 0.15) is 21.5 Å². The number of nitrogen functional groups attached to an aromatic ring is 1. The first kappa shape index (κ1) is 9.85. The molecule has 0 fully saturated rings. The van der Waals surface area contributed by atoms with Crippen molar-refractivity contribution in [3.63, 3.8) is 0 Å². The Hall–Kier alpha value is -1.69. The van der Waals surface area contributed by atoms with Gasteiger partial charge in [0.2, 0.25) is 0 Å². The highest BCUT2D eigenvalue weighted by Gasteiger charge is 2.05. The van der Waals surface area contributed by atoms with E-state index in [9.17, 15) is 4.79 Å². The lowest BCUT2D eigenvalue weighted by molar-refractivity contribution is 0.102. The lowest BCUT2D eigenvalue weighted by atomic mass is 10.3. The SMILES string of the molecule is CC(=O)c1ccc(Cn2ncc(N)n2)s1. The zero-order valence-electron chi connectivity index (χ0n) is 8.17. The molecule has 0 aliphatic carbocycles. The van der Waals surface area contributed by atoms with Gasteiger partial charge in [0, 0.05) is 4.88 Å². The minimum absolute atomic E-state index is 0.0826. The Balaban J connectivity index is 2.14. The fourth-order valence-corrected chi connectivity index (χ4v) is 2.06. The second kappa shape index (κ2) is 3.82. The third-order valence-corrected chi connectivity index (χ3v) is 3.03. The molecule has 0 aliphatic heterocycles. The van der Waals surface area contributed by atoms with Crippen molar-refractivity contribution in [1.82, 2.24) is 15.0 Å². The van der Waals surface area contributed by atoms with Gasteiger partial charge in [-0.25, -0.2) is 0 Å². The summed E-state index contributed by atoms with van der Waals surface area (Å²) in [5.41, 5.74) is 5.44. The molecule has 2 aromatic heterocycles. The van der Waals surface area contributed by atoms with E-state index >= 15 is 0 Å². The number of rotatable bonds is 3. The highest BCUT2D eigenvalue weighted by atomic mass is 32.1. The second-order valence-electron chi connectivity index (χ2n) is 3.12. The zero-order chi connectivity index (χ0) is 10.8. The molecule has 5 nitrogen and oxygen atoms in total. The summed E-state index contributed by atoms with van der Waals surface area (Å²) in [6, 6.07) is 3.72. The van der Waals surface area contributed by atoms with E-state index in [2.05, 4.69) is 10.2 Å². The van der Waals surface area contributed by atoms with E-state index < -0.39 is 0 Å². The van der Waals surface area contributed by atoms with Crippen LogP contribution >= 0.6 is 11.3 Å². The van der Waals surface area contributed by atoms with Gasteiger partial charge in [-0.05, 0) is 19.1 Å². The predicted octanol–water partition coefficient (Wildman–Crippen LogP) is 1.17. The summed E-state index contributed by atoms with van der Waals surface area (Å²) in [5.74, 6) is 0.484. The number of thiophene rings is 1. The molecule has 2 rings (SSSR count). The van der Waals surface area contributed by atoms with Crippen molar-refractivity contribution in [3.8, 4) is 0 Å². The third kappa shape index (κ3) is 2.21. The van der Waals surface area contributed by atoms with Crippen molar-refractivity contribution in [2.24, 2.45) is 0 Å². The van der Waals surface area contributed by atoms with Crippen LogP contribution < -0.4 is 5.73 Å². The van der Waals surface area contributed by atoms with Gasteiger partial charge < -0.3 is 5.73 Å². The Kier molecular flexibility index (Phi) is 2.51. The summed E-state index contributed by atoms with van der Waals surface area (Å²) in [5, 5.41) is 7.93. The molecule has 0 spiro atoms. The summed E-state index contributed by atoms with van der Waals surface area (Å²) >= 11 is 1.45. The molecule has 6 heteroatoms.